The number of carbonyl (C=O) groups is 1. The van der Waals surface area contributed by atoms with Crippen molar-refractivity contribution in [3.8, 4) is 17.2 Å². The van der Waals surface area contributed by atoms with Crippen molar-refractivity contribution in [3.05, 3.63) is 107 Å². The lowest BCUT2D eigenvalue weighted by molar-refractivity contribution is -0.154. The van der Waals surface area contributed by atoms with Gasteiger partial charge in [-0.1, -0.05) is 69.3 Å². The van der Waals surface area contributed by atoms with E-state index in [0.29, 0.717) is 45.0 Å². The molecule has 0 spiro atoms. The Labute approximate surface area is 256 Å². The van der Waals surface area contributed by atoms with Gasteiger partial charge in [0.2, 0.25) is 5.89 Å². The molecule has 0 saturated carbocycles. The van der Waals surface area contributed by atoms with Crippen LogP contribution in [0.25, 0.3) is 11.5 Å². The summed E-state index contributed by atoms with van der Waals surface area (Å²) in [5.41, 5.74) is 5.89. The molecule has 3 aromatic carbocycles. The highest BCUT2D eigenvalue weighted by molar-refractivity contribution is 5.70. The molecule has 0 N–H and O–H groups in total. The molecule has 0 aliphatic rings. The van der Waals surface area contributed by atoms with Gasteiger partial charge in [0, 0.05) is 18.4 Å². The Morgan fingerprint density at radius 3 is 2.23 bits per heavy atom. The van der Waals surface area contributed by atoms with Crippen LogP contribution in [0.4, 0.5) is 0 Å². The van der Waals surface area contributed by atoms with E-state index in [9.17, 15) is 4.79 Å². The van der Waals surface area contributed by atoms with Crippen LogP contribution >= 0.6 is 0 Å². The van der Waals surface area contributed by atoms with Crippen molar-refractivity contribution < 1.29 is 23.4 Å². The lowest BCUT2D eigenvalue weighted by Crippen LogP contribution is -2.24. The number of ether oxygens (including phenoxy) is 3. The van der Waals surface area contributed by atoms with Gasteiger partial charge in [0.05, 0.1) is 25.5 Å². The first-order valence-electron chi connectivity index (χ1n) is 15.0. The van der Waals surface area contributed by atoms with E-state index in [1.54, 1.807) is 0 Å². The van der Waals surface area contributed by atoms with Crippen LogP contribution in [-0.4, -0.2) is 23.2 Å². The summed E-state index contributed by atoms with van der Waals surface area (Å²) in [6.07, 6.45) is 1.49. The van der Waals surface area contributed by atoms with Crippen LogP contribution in [0.15, 0.2) is 77.2 Å². The Hall–Kier alpha value is -3.90. The minimum Gasteiger partial charge on any atom is -0.493 e. The van der Waals surface area contributed by atoms with Crippen molar-refractivity contribution in [3.63, 3.8) is 0 Å². The van der Waals surface area contributed by atoms with Crippen molar-refractivity contribution in [2.24, 2.45) is 0 Å². The second-order valence-corrected chi connectivity index (χ2v) is 12.9. The van der Waals surface area contributed by atoms with Crippen molar-refractivity contribution in [1.29, 1.82) is 0 Å². The highest BCUT2D eigenvalue weighted by Crippen LogP contribution is 2.25. The van der Waals surface area contributed by atoms with Crippen molar-refractivity contribution in [2.75, 3.05) is 6.61 Å². The minimum absolute atomic E-state index is 0.111. The average molecular weight is 584 g/mol. The third kappa shape index (κ3) is 9.82. The molecule has 0 aliphatic carbocycles. The molecule has 1 aromatic heterocycles. The summed E-state index contributed by atoms with van der Waals surface area (Å²) in [6, 6.07) is 24.4. The number of nitrogens with zero attached hydrogens (tertiary/aromatic N) is 1. The van der Waals surface area contributed by atoms with Gasteiger partial charge in [-0.2, -0.15) is 0 Å². The molecule has 4 aromatic rings. The van der Waals surface area contributed by atoms with E-state index in [0.717, 1.165) is 39.5 Å². The van der Waals surface area contributed by atoms with E-state index in [1.165, 1.54) is 5.56 Å². The smallest absolute Gasteiger partial charge is 0.306 e. The van der Waals surface area contributed by atoms with Gasteiger partial charge in [0.25, 0.3) is 0 Å². The zero-order chi connectivity index (χ0) is 31.0. The normalized spacial score (nSPS) is 11.9. The van der Waals surface area contributed by atoms with Crippen LogP contribution < -0.4 is 4.74 Å². The Balaban J connectivity index is 1.40. The second kappa shape index (κ2) is 14.0. The molecule has 43 heavy (non-hydrogen) atoms. The fourth-order valence-corrected chi connectivity index (χ4v) is 4.71. The zero-order valence-electron chi connectivity index (χ0n) is 26.7. The number of aryl methyl sites for hydroxylation is 2. The number of aromatic nitrogens is 1. The molecule has 0 amide bonds. The SMILES string of the molecule is Cc1oc(-c2ccccc2)nc1CCOc1ccc(CCC(=O)OC(C)(C)C)c(COCc2ccc(C(C)(C)C)cc2)c1. The fraction of sp³-hybridized carbons (Fsp3) is 0.405. The molecule has 0 bridgehead atoms. The number of oxazole rings is 1. The second-order valence-electron chi connectivity index (χ2n) is 12.9. The number of esters is 1. The Kier molecular flexibility index (Phi) is 10.5. The fourth-order valence-electron chi connectivity index (χ4n) is 4.71. The first kappa shape index (κ1) is 32.0. The largest absolute Gasteiger partial charge is 0.493 e. The molecular weight excluding hydrogens is 538 g/mol. The molecule has 0 saturated heterocycles. The molecule has 0 unspecified atom stereocenters. The molecule has 6 heteroatoms. The summed E-state index contributed by atoms with van der Waals surface area (Å²) in [7, 11) is 0. The van der Waals surface area contributed by atoms with Gasteiger partial charge in [-0.3, -0.25) is 4.79 Å². The summed E-state index contributed by atoms with van der Waals surface area (Å²) in [5, 5.41) is 0. The quantitative estimate of drug-likeness (QED) is 0.156. The van der Waals surface area contributed by atoms with Gasteiger partial charge in [0.1, 0.15) is 17.1 Å². The van der Waals surface area contributed by atoms with Gasteiger partial charge in [0.15, 0.2) is 0 Å². The van der Waals surface area contributed by atoms with Gasteiger partial charge >= 0.3 is 5.97 Å². The van der Waals surface area contributed by atoms with E-state index >= 15 is 0 Å². The van der Waals surface area contributed by atoms with Gasteiger partial charge < -0.3 is 18.6 Å². The molecule has 6 nitrogen and oxygen atoms in total. The van der Waals surface area contributed by atoms with Crippen LogP contribution in [0.3, 0.4) is 0 Å². The van der Waals surface area contributed by atoms with E-state index < -0.39 is 5.60 Å². The van der Waals surface area contributed by atoms with Gasteiger partial charge in [-0.25, -0.2) is 4.98 Å². The maximum atomic E-state index is 12.4. The highest BCUT2D eigenvalue weighted by Gasteiger charge is 2.18. The van der Waals surface area contributed by atoms with Crippen LogP contribution in [-0.2, 0) is 45.7 Å². The third-order valence-electron chi connectivity index (χ3n) is 7.06. The summed E-state index contributed by atoms with van der Waals surface area (Å²) in [5.74, 6) is 1.95. The summed E-state index contributed by atoms with van der Waals surface area (Å²) in [4.78, 5) is 17.1. The minimum atomic E-state index is -0.507. The van der Waals surface area contributed by atoms with Crippen molar-refractivity contribution >= 4 is 5.97 Å². The highest BCUT2D eigenvalue weighted by atomic mass is 16.6. The predicted octanol–water partition coefficient (Wildman–Crippen LogP) is 8.56. The van der Waals surface area contributed by atoms with Crippen molar-refractivity contribution in [2.45, 2.75) is 92.0 Å². The Morgan fingerprint density at radius 1 is 0.837 bits per heavy atom. The molecular formula is C37H45NO5. The first-order valence-corrected chi connectivity index (χ1v) is 15.0. The molecule has 228 valence electrons. The van der Waals surface area contributed by atoms with Crippen LogP contribution in [0.5, 0.6) is 5.75 Å². The Bertz CT molecular complexity index is 1470. The molecule has 0 fully saturated rings. The van der Waals surface area contributed by atoms with Gasteiger partial charge in [-0.05, 0) is 86.1 Å². The standard InChI is InChI=1S/C37H45NO5/c1-26-33(38-35(42-26)29-11-9-8-10-12-29)21-22-41-32-19-15-28(16-20-34(39)43-37(5,6)7)30(23-32)25-40-24-27-13-17-31(18-14-27)36(2,3)4/h8-15,17-19,23H,16,20-22,24-25H2,1-7H3. The summed E-state index contributed by atoms with van der Waals surface area (Å²) < 4.78 is 23.7. The first-order chi connectivity index (χ1) is 20.4. The predicted molar refractivity (Wildman–Crippen MR) is 170 cm³/mol. The van der Waals surface area contributed by atoms with E-state index in [2.05, 4.69) is 50.0 Å². The van der Waals surface area contributed by atoms with Crippen LogP contribution in [0.1, 0.15) is 81.7 Å². The Morgan fingerprint density at radius 2 is 1.56 bits per heavy atom. The summed E-state index contributed by atoms with van der Waals surface area (Å²) >= 11 is 0. The van der Waals surface area contributed by atoms with Crippen LogP contribution in [0, 0.1) is 6.92 Å². The number of hydrogen-bond acceptors (Lipinski definition) is 6. The average Bonchev–Trinajstić information content (AvgIpc) is 3.32. The van der Waals surface area contributed by atoms with E-state index in [4.69, 9.17) is 18.6 Å². The lowest BCUT2D eigenvalue weighted by atomic mass is 9.87. The number of benzene rings is 3. The maximum Gasteiger partial charge on any atom is 0.306 e. The molecule has 1 heterocycles. The van der Waals surface area contributed by atoms with Gasteiger partial charge in [-0.15, -0.1) is 0 Å². The molecule has 4 rings (SSSR count). The zero-order valence-corrected chi connectivity index (χ0v) is 26.7. The monoisotopic (exact) mass is 583 g/mol. The van der Waals surface area contributed by atoms with E-state index in [-0.39, 0.29) is 11.4 Å². The van der Waals surface area contributed by atoms with E-state index in [1.807, 2.05) is 76.2 Å². The topological polar surface area (TPSA) is 70.8 Å². The van der Waals surface area contributed by atoms with Crippen molar-refractivity contribution in [1.82, 2.24) is 4.98 Å². The molecule has 0 aliphatic heterocycles. The number of hydrogen-bond donors (Lipinski definition) is 0. The third-order valence-corrected chi connectivity index (χ3v) is 7.06. The lowest BCUT2D eigenvalue weighted by Gasteiger charge is -2.20. The molecule has 0 radical (unpaired) electrons. The molecule has 0 atom stereocenters. The summed E-state index contributed by atoms with van der Waals surface area (Å²) in [6.45, 7) is 15.6. The van der Waals surface area contributed by atoms with Crippen LogP contribution in [0.2, 0.25) is 0 Å². The number of carbonyl (C=O) groups excluding carboxylic acids is 1. The number of rotatable bonds is 12. The maximum absolute atomic E-state index is 12.4.